The zero-order valence-electron chi connectivity index (χ0n) is 14.7. The second kappa shape index (κ2) is 12.6. The zero-order valence-corrected chi connectivity index (χ0v) is 14.7. The molecular formula is C20H34O. The fourth-order valence-electron chi connectivity index (χ4n) is 2.09. The Hall–Kier alpha value is -1.08. The van der Waals surface area contributed by atoms with Crippen LogP contribution in [0.4, 0.5) is 0 Å². The van der Waals surface area contributed by atoms with Gasteiger partial charge in [0.15, 0.2) is 0 Å². The Morgan fingerprint density at radius 2 is 1.33 bits per heavy atom. The molecule has 0 amide bonds. The normalized spacial score (nSPS) is 13.5. The Kier molecular flexibility index (Phi) is 12.0. The Balaban J connectivity index is 4.09. The van der Waals surface area contributed by atoms with Crippen LogP contribution in [0.1, 0.15) is 73.1 Å². The molecule has 0 aliphatic heterocycles. The molecule has 0 aliphatic carbocycles. The molecule has 0 atom stereocenters. The molecule has 0 aromatic carbocycles. The summed E-state index contributed by atoms with van der Waals surface area (Å²) in [7, 11) is 0. The maximum Gasteiger partial charge on any atom is 0.0641 e. The summed E-state index contributed by atoms with van der Waals surface area (Å²) in [6.07, 6.45) is 15.4. The van der Waals surface area contributed by atoms with Gasteiger partial charge in [-0.15, -0.1) is 0 Å². The highest BCUT2D eigenvalue weighted by Crippen LogP contribution is 2.13. The number of rotatable bonds is 10. The van der Waals surface area contributed by atoms with E-state index in [9.17, 15) is 5.11 Å². The van der Waals surface area contributed by atoms with Crippen molar-refractivity contribution in [2.24, 2.45) is 0 Å². The first-order chi connectivity index (χ1) is 9.99. The summed E-state index contributed by atoms with van der Waals surface area (Å²) >= 11 is 0. The van der Waals surface area contributed by atoms with E-state index in [0.717, 1.165) is 38.5 Å². The summed E-state index contributed by atoms with van der Waals surface area (Å²) in [5.74, 6) is 0. The van der Waals surface area contributed by atoms with Gasteiger partial charge < -0.3 is 5.11 Å². The predicted molar refractivity (Wildman–Crippen MR) is 95.5 cm³/mol. The van der Waals surface area contributed by atoms with Crippen LogP contribution < -0.4 is 0 Å². The van der Waals surface area contributed by atoms with Gasteiger partial charge in [-0.3, -0.25) is 0 Å². The van der Waals surface area contributed by atoms with Gasteiger partial charge >= 0.3 is 0 Å². The number of hydrogen-bond donors (Lipinski definition) is 1. The first kappa shape index (κ1) is 19.9. The highest BCUT2D eigenvalue weighted by molar-refractivity contribution is 5.08. The van der Waals surface area contributed by atoms with Crippen LogP contribution >= 0.6 is 0 Å². The summed E-state index contributed by atoms with van der Waals surface area (Å²) in [6.45, 7) is 10.9. The molecular weight excluding hydrogens is 256 g/mol. The van der Waals surface area contributed by atoms with Crippen LogP contribution in [0.25, 0.3) is 0 Å². The van der Waals surface area contributed by atoms with Crippen molar-refractivity contribution in [1.29, 1.82) is 0 Å². The molecule has 0 saturated carbocycles. The van der Waals surface area contributed by atoms with Crippen LogP contribution in [0.2, 0.25) is 0 Å². The molecule has 0 saturated heterocycles. The smallest absolute Gasteiger partial charge is 0.0641 e. The molecule has 0 aromatic heterocycles. The minimum absolute atomic E-state index is 0.194. The Bertz CT molecular complexity index is 390. The largest absolute Gasteiger partial charge is 0.392 e. The summed E-state index contributed by atoms with van der Waals surface area (Å²) < 4.78 is 0. The molecule has 0 heterocycles. The van der Waals surface area contributed by atoms with E-state index in [2.05, 4.69) is 58.9 Å². The Labute approximate surface area is 132 Å². The van der Waals surface area contributed by atoms with Crippen molar-refractivity contribution in [3.63, 3.8) is 0 Å². The van der Waals surface area contributed by atoms with E-state index in [1.165, 1.54) is 22.3 Å². The van der Waals surface area contributed by atoms with E-state index in [1.54, 1.807) is 0 Å². The first-order valence-electron chi connectivity index (χ1n) is 8.19. The molecule has 1 nitrogen and oxygen atoms in total. The van der Waals surface area contributed by atoms with Gasteiger partial charge in [0.1, 0.15) is 0 Å². The Morgan fingerprint density at radius 1 is 0.762 bits per heavy atom. The standard InChI is InChI=1S/C20H34O/c1-6-18(4)11-8-14-20(16-21)15-9-13-19(5)12-7-10-17(2)3/h6,10,13-14,21H,7-9,11-12,15-16H2,1-5H3. The third-order valence-electron chi connectivity index (χ3n) is 3.72. The molecule has 0 unspecified atom stereocenters. The van der Waals surface area contributed by atoms with E-state index in [-0.39, 0.29) is 6.61 Å². The fourth-order valence-corrected chi connectivity index (χ4v) is 2.09. The monoisotopic (exact) mass is 290 g/mol. The summed E-state index contributed by atoms with van der Waals surface area (Å²) in [4.78, 5) is 0. The highest BCUT2D eigenvalue weighted by atomic mass is 16.3. The molecule has 0 aliphatic rings. The lowest BCUT2D eigenvalue weighted by Gasteiger charge is -2.04. The van der Waals surface area contributed by atoms with Gasteiger partial charge in [0.25, 0.3) is 0 Å². The number of aliphatic hydroxyl groups is 1. The third-order valence-corrected chi connectivity index (χ3v) is 3.72. The summed E-state index contributed by atoms with van der Waals surface area (Å²) in [5.41, 5.74) is 5.44. The van der Waals surface area contributed by atoms with Gasteiger partial charge in [0.05, 0.1) is 6.61 Å². The zero-order chi connectivity index (χ0) is 16.1. The van der Waals surface area contributed by atoms with Gasteiger partial charge in [-0.1, -0.05) is 41.0 Å². The SMILES string of the molecule is CC=C(C)CCC=C(CO)CCC=C(C)CCC=C(C)C. The maximum atomic E-state index is 9.40. The summed E-state index contributed by atoms with van der Waals surface area (Å²) in [6, 6.07) is 0. The lowest BCUT2D eigenvalue weighted by atomic mass is 10.0. The predicted octanol–water partition coefficient (Wildman–Crippen LogP) is 6.12. The van der Waals surface area contributed by atoms with Crippen molar-refractivity contribution in [2.75, 3.05) is 6.61 Å². The lowest BCUT2D eigenvalue weighted by Crippen LogP contribution is -1.91. The van der Waals surface area contributed by atoms with Gasteiger partial charge in [-0.05, 0) is 78.7 Å². The first-order valence-corrected chi connectivity index (χ1v) is 8.19. The molecule has 1 N–H and O–H groups in total. The number of aliphatic hydroxyl groups excluding tert-OH is 1. The third kappa shape index (κ3) is 12.4. The average molecular weight is 290 g/mol. The van der Waals surface area contributed by atoms with E-state index >= 15 is 0 Å². The van der Waals surface area contributed by atoms with Crippen molar-refractivity contribution in [3.8, 4) is 0 Å². The molecule has 120 valence electrons. The second-order valence-corrected chi connectivity index (χ2v) is 6.10. The molecule has 21 heavy (non-hydrogen) atoms. The van der Waals surface area contributed by atoms with Crippen LogP contribution in [-0.2, 0) is 0 Å². The summed E-state index contributed by atoms with van der Waals surface area (Å²) in [5, 5.41) is 9.40. The fraction of sp³-hybridized carbons (Fsp3) is 0.600. The van der Waals surface area contributed by atoms with Crippen LogP contribution in [0.3, 0.4) is 0 Å². The maximum absolute atomic E-state index is 9.40. The number of allylic oxidation sites excluding steroid dienone is 7. The molecule has 0 aromatic rings. The van der Waals surface area contributed by atoms with Crippen LogP contribution in [0, 0.1) is 0 Å². The molecule has 0 rings (SSSR count). The van der Waals surface area contributed by atoms with E-state index in [0.29, 0.717) is 0 Å². The molecule has 0 fully saturated rings. The van der Waals surface area contributed by atoms with Crippen molar-refractivity contribution in [3.05, 3.63) is 46.6 Å². The van der Waals surface area contributed by atoms with Crippen molar-refractivity contribution in [2.45, 2.75) is 73.1 Å². The average Bonchev–Trinajstić information content (AvgIpc) is 2.44. The van der Waals surface area contributed by atoms with E-state index < -0.39 is 0 Å². The second-order valence-electron chi connectivity index (χ2n) is 6.10. The van der Waals surface area contributed by atoms with Crippen LogP contribution in [0.5, 0.6) is 0 Å². The van der Waals surface area contributed by atoms with E-state index in [1.807, 2.05) is 0 Å². The Morgan fingerprint density at radius 3 is 1.90 bits per heavy atom. The minimum Gasteiger partial charge on any atom is -0.392 e. The molecule has 0 bridgehead atoms. The van der Waals surface area contributed by atoms with Gasteiger partial charge in [-0.25, -0.2) is 0 Å². The van der Waals surface area contributed by atoms with Crippen molar-refractivity contribution in [1.82, 2.24) is 0 Å². The number of hydrogen-bond acceptors (Lipinski definition) is 1. The van der Waals surface area contributed by atoms with Gasteiger partial charge in [0, 0.05) is 0 Å². The lowest BCUT2D eigenvalue weighted by molar-refractivity contribution is 0.326. The van der Waals surface area contributed by atoms with Gasteiger partial charge in [-0.2, -0.15) is 0 Å². The van der Waals surface area contributed by atoms with Crippen LogP contribution in [-0.4, -0.2) is 11.7 Å². The van der Waals surface area contributed by atoms with Gasteiger partial charge in [0.2, 0.25) is 0 Å². The molecule has 0 radical (unpaired) electrons. The molecule has 0 spiro atoms. The quantitative estimate of drug-likeness (QED) is 0.480. The highest BCUT2D eigenvalue weighted by Gasteiger charge is 1.96. The topological polar surface area (TPSA) is 20.2 Å². The minimum atomic E-state index is 0.194. The van der Waals surface area contributed by atoms with Crippen molar-refractivity contribution < 1.29 is 5.11 Å². The van der Waals surface area contributed by atoms with Crippen LogP contribution in [0.15, 0.2) is 46.6 Å². The molecule has 1 heteroatoms. The van der Waals surface area contributed by atoms with E-state index in [4.69, 9.17) is 0 Å². The van der Waals surface area contributed by atoms with Crippen molar-refractivity contribution >= 4 is 0 Å².